The Hall–Kier alpha value is -2.48. The van der Waals surface area contributed by atoms with Crippen molar-refractivity contribution in [3.63, 3.8) is 0 Å². The number of aryl methyl sites for hydroxylation is 2. The smallest absolute Gasteiger partial charge is 0.126 e. The van der Waals surface area contributed by atoms with E-state index in [1.807, 2.05) is 24.3 Å². The number of hydrogen-bond acceptors (Lipinski definition) is 1. The fourth-order valence-corrected chi connectivity index (χ4v) is 2.44. The molecule has 0 N–H and O–H groups in total. The maximum Gasteiger partial charge on any atom is 0.126 e. The van der Waals surface area contributed by atoms with Gasteiger partial charge < -0.3 is 0 Å². The van der Waals surface area contributed by atoms with Gasteiger partial charge in [-0.15, -0.1) is 0 Å². The maximum atomic E-state index is 13.4. The molecule has 3 aromatic rings. The second-order valence-electron chi connectivity index (χ2n) is 5.21. The molecule has 0 unspecified atom stereocenters. The zero-order valence-electron chi connectivity index (χ0n) is 12.1. The largest absolute Gasteiger partial charge is 0.256 e. The summed E-state index contributed by atoms with van der Waals surface area (Å²) in [5.41, 5.74) is 5.96. The first-order valence-corrected chi connectivity index (χ1v) is 6.94. The molecule has 2 heteroatoms. The number of hydrogen-bond donors (Lipinski definition) is 0. The summed E-state index contributed by atoms with van der Waals surface area (Å²) in [6, 6.07) is 17.4. The van der Waals surface area contributed by atoms with Crippen molar-refractivity contribution in [1.29, 1.82) is 0 Å². The van der Waals surface area contributed by atoms with Crippen LogP contribution in [0.1, 0.15) is 11.1 Å². The second kappa shape index (κ2) is 5.49. The van der Waals surface area contributed by atoms with Crippen molar-refractivity contribution >= 4 is 0 Å². The van der Waals surface area contributed by atoms with Gasteiger partial charge in [0, 0.05) is 11.8 Å². The van der Waals surface area contributed by atoms with E-state index >= 15 is 0 Å². The number of pyridine rings is 1. The van der Waals surface area contributed by atoms with Crippen molar-refractivity contribution < 1.29 is 4.39 Å². The molecule has 2 aromatic carbocycles. The third kappa shape index (κ3) is 2.70. The van der Waals surface area contributed by atoms with Crippen molar-refractivity contribution in [2.75, 3.05) is 0 Å². The molecule has 0 amide bonds. The molecule has 1 nitrogen and oxygen atoms in total. The highest BCUT2D eigenvalue weighted by Gasteiger charge is 2.06. The first kappa shape index (κ1) is 13.5. The minimum atomic E-state index is -0.174. The van der Waals surface area contributed by atoms with Crippen LogP contribution in [-0.4, -0.2) is 4.98 Å². The highest BCUT2D eigenvalue weighted by atomic mass is 19.1. The molecule has 0 radical (unpaired) electrons. The first-order valence-electron chi connectivity index (χ1n) is 6.94. The van der Waals surface area contributed by atoms with Gasteiger partial charge >= 0.3 is 0 Å². The number of halogens is 1. The summed E-state index contributed by atoms with van der Waals surface area (Å²) in [5.74, 6) is -0.174. The average Bonchev–Trinajstić information content (AvgIpc) is 2.51. The Balaban J connectivity index is 2.08. The molecular weight excluding hydrogens is 261 g/mol. The lowest BCUT2D eigenvalue weighted by Crippen LogP contribution is -1.89. The van der Waals surface area contributed by atoms with Gasteiger partial charge in [0.1, 0.15) is 5.82 Å². The molecule has 0 aliphatic carbocycles. The van der Waals surface area contributed by atoms with Gasteiger partial charge in [0.05, 0.1) is 5.69 Å². The van der Waals surface area contributed by atoms with Gasteiger partial charge in [-0.1, -0.05) is 30.3 Å². The van der Waals surface area contributed by atoms with Crippen LogP contribution in [0.2, 0.25) is 0 Å². The molecule has 3 rings (SSSR count). The minimum absolute atomic E-state index is 0.174. The van der Waals surface area contributed by atoms with Crippen molar-refractivity contribution in [3.05, 3.63) is 77.7 Å². The van der Waals surface area contributed by atoms with Crippen LogP contribution in [0.15, 0.2) is 60.8 Å². The topological polar surface area (TPSA) is 12.9 Å². The van der Waals surface area contributed by atoms with Gasteiger partial charge in [0.25, 0.3) is 0 Å². The van der Waals surface area contributed by atoms with E-state index in [1.54, 1.807) is 19.2 Å². The summed E-state index contributed by atoms with van der Waals surface area (Å²) in [5, 5.41) is 0. The van der Waals surface area contributed by atoms with Crippen LogP contribution in [0.4, 0.5) is 4.39 Å². The van der Waals surface area contributed by atoms with E-state index in [2.05, 4.69) is 30.1 Å². The van der Waals surface area contributed by atoms with Crippen LogP contribution in [0.5, 0.6) is 0 Å². The minimum Gasteiger partial charge on any atom is -0.256 e. The summed E-state index contributed by atoms with van der Waals surface area (Å²) in [4.78, 5) is 4.46. The Bertz CT molecular complexity index is 793. The molecule has 1 heterocycles. The molecule has 0 saturated heterocycles. The molecule has 0 bridgehead atoms. The number of nitrogens with zero attached hydrogens (tertiary/aromatic N) is 1. The highest BCUT2D eigenvalue weighted by molar-refractivity contribution is 5.72. The van der Waals surface area contributed by atoms with Gasteiger partial charge in [0.2, 0.25) is 0 Å². The highest BCUT2D eigenvalue weighted by Crippen LogP contribution is 2.27. The van der Waals surface area contributed by atoms with E-state index in [0.29, 0.717) is 5.56 Å². The molecule has 0 atom stereocenters. The average molecular weight is 277 g/mol. The molecule has 0 aliphatic heterocycles. The van der Waals surface area contributed by atoms with Crippen molar-refractivity contribution in [2.24, 2.45) is 0 Å². The lowest BCUT2D eigenvalue weighted by Gasteiger charge is -2.08. The molecule has 0 fully saturated rings. The van der Waals surface area contributed by atoms with E-state index in [1.165, 1.54) is 11.6 Å². The Labute approximate surface area is 124 Å². The maximum absolute atomic E-state index is 13.4. The van der Waals surface area contributed by atoms with Gasteiger partial charge in [-0.2, -0.15) is 0 Å². The fraction of sp³-hybridized carbons (Fsp3) is 0.105. The third-order valence-corrected chi connectivity index (χ3v) is 3.67. The van der Waals surface area contributed by atoms with Crippen LogP contribution < -0.4 is 0 Å². The van der Waals surface area contributed by atoms with Crippen LogP contribution in [0.3, 0.4) is 0 Å². The predicted octanol–water partition coefficient (Wildman–Crippen LogP) is 5.17. The van der Waals surface area contributed by atoms with E-state index in [9.17, 15) is 4.39 Å². The lowest BCUT2D eigenvalue weighted by molar-refractivity contribution is 0.619. The SMILES string of the molecule is Cc1cc(-c2ccnc(-c3ccccc3C)c2)ccc1F. The molecule has 0 saturated carbocycles. The molecule has 1 aromatic heterocycles. The van der Waals surface area contributed by atoms with E-state index in [-0.39, 0.29) is 5.82 Å². The first-order chi connectivity index (χ1) is 10.1. The monoisotopic (exact) mass is 277 g/mol. The zero-order valence-corrected chi connectivity index (χ0v) is 12.1. The van der Waals surface area contributed by atoms with Crippen molar-refractivity contribution in [2.45, 2.75) is 13.8 Å². The quantitative estimate of drug-likeness (QED) is 0.629. The Morgan fingerprint density at radius 2 is 1.57 bits per heavy atom. The Morgan fingerprint density at radius 1 is 0.810 bits per heavy atom. The molecule has 21 heavy (non-hydrogen) atoms. The summed E-state index contributed by atoms with van der Waals surface area (Å²) < 4.78 is 13.4. The fourth-order valence-electron chi connectivity index (χ4n) is 2.44. The van der Waals surface area contributed by atoms with Crippen LogP contribution >= 0.6 is 0 Å². The van der Waals surface area contributed by atoms with Gasteiger partial charge in [-0.3, -0.25) is 4.98 Å². The zero-order chi connectivity index (χ0) is 14.8. The Kier molecular flexibility index (Phi) is 3.53. The van der Waals surface area contributed by atoms with E-state index in [0.717, 1.165) is 22.4 Å². The van der Waals surface area contributed by atoms with E-state index in [4.69, 9.17) is 0 Å². The lowest BCUT2D eigenvalue weighted by atomic mass is 10.00. The summed E-state index contributed by atoms with van der Waals surface area (Å²) >= 11 is 0. The molecular formula is C19H16FN. The van der Waals surface area contributed by atoms with Crippen molar-refractivity contribution in [3.8, 4) is 22.4 Å². The van der Waals surface area contributed by atoms with E-state index < -0.39 is 0 Å². The van der Waals surface area contributed by atoms with Gasteiger partial charge in [0.15, 0.2) is 0 Å². The van der Waals surface area contributed by atoms with Gasteiger partial charge in [-0.25, -0.2) is 4.39 Å². The molecule has 104 valence electrons. The van der Waals surface area contributed by atoms with Crippen LogP contribution in [-0.2, 0) is 0 Å². The Morgan fingerprint density at radius 3 is 2.33 bits per heavy atom. The molecule has 0 aliphatic rings. The van der Waals surface area contributed by atoms with Crippen LogP contribution in [0, 0.1) is 19.7 Å². The number of rotatable bonds is 2. The third-order valence-electron chi connectivity index (χ3n) is 3.67. The number of benzene rings is 2. The molecule has 0 spiro atoms. The normalized spacial score (nSPS) is 10.6. The van der Waals surface area contributed by atoms with Crippen LogP contribution in [0.25, 0.3) is 22.4 Å². The van der Waals surface area contributed by atoms with Gasteiger partial charge in [-0.05, 0) is 60.4 Å². The standard InChI is InChI=1S/C19H16FN/c1-13-5-3-4-6-17(13)19-12-16(9-10-21-19)15-7-8-18(20)14(2)11-15/h3-12H,1-2H3. The summed E-state index contributed by atoms with van der Waals surface area (Å²) in [6.07, 6.45) is 1.80. The number of aromatic nitrogens is 1. The summed E-state index contributed by atoms with van der Waals surface area (Å²) in [6.45, 7) is 3.86. The van der Waals surface area contributed by atoms with Crippen molar-refractivity contribution in [1.82, 2.24) is 4.98 Å². The predicted molar refractivity (Wildman–Crippen MR) is 84.5 cm³/mol. The summed E-state index contributed by atoms with van der Waals surface area (Å²) in [7, 11) is 0. The second-order valence-corrected chi connectivity index (χ2v) is 5.21.